The lowest BCUT2D eigenvalue weighted by Crippen LogP contribution is -2.07. The largest absolute Gasteiger partial charge is 0.322 e. The van der Waals surface area contributed by atoms with Crippen LogP contribution in [0.15, 0.2) is 79.0 Å². The third-order valence-electron chi connectivity index (χ3n) is 4.00. The van der Waals surface area contributed by atoms with Gasteiger partial charge in [0.15, 0.2) is 11.5 Å². The molecule has 0 saturated heterocycles. The quantitative estimate of drug-likeness (QED) is 0.557. The minimum Gasteiger partial charge on any atom is -0.322 e. The molecule has 132 valence electrons. The molecule has 1 N–H and O–H groups in total. The molecule has 5 nitrogen and oxygen atoms in total. The van der Waals surface area contributed by atoms with Crippen LogP contribution in [0.3, 0.4) is 0 Å². The smallest absolute Gasteiger partial charge is 0.248 e. The lowest BCUT2D eigenvalue weighted by molar-refractivity contribution is -0.111. The monoisotopic (exact) mass is 358 g/mol. The predicted molar refractivity (Wildman–Crippen MR) is 102 cm³/mol. The fraction of sp³-hybridized carbons (Fsp3) is 0. The van der Waals surface area contributed by atoms with E-state index >= 15 is 0 Å². The first-order valence-electron chi connectivity index (χ1n) is 8.34. The van der Waals surface area contributed by atoms with Crippen LogP contribution in [0.1, 0.15) is 5.56 Å². The van der Waals surface area contributed by atoms with Gasteiger partial charge in [-0.1, -0.05) is 30.3 Å². The molecule has 0 aliphatic heterocycles. The summed E-state index contributed by atoms with van der Waals surface area (Å²) in [6, 6.07) is 19.0. The Morgan fingerprint density at radius 1 is 1.00 bits per heavy atom. The van der Waals surface area contributed by atoms with Crippen molar-refractivity contribution in [2.45, 2.75) is 0 Å². The van der Waals surface area contributed by atoms with Gasteiger partial charge in [0.25, 0.3) is 0 Å². The van der Waals surface area contributed by atoms with Crippen molar-refractivity contribution in [1.29, 1.82) is 0 Å². The summed E-state index contributed by atoms with van der Waals surface area (Å²) in [7, 11) is 0. The number of pyridine rings is 1. The van der Waals surface area contributed by atoms with E-state index in [1.807, 2.05) is 47.0 Å². The van der Waals surface area contributed by atoms with Crippen molar-refractivity contribution in [2.75, 3.05) is 5.32 Å². The Morgan fingerprint density at radius 2 is 1.85 bits per heavy atom. The molecule has 0 radical (unpaired) electrons. The summed E-state index contributed by atoms with van der Waals surface area (Å²) in [5.41, 5.74) is 2.99. The van der Waals surface area contributed by atoms with Crippen LogP contribution in [0.5, 0.6) is 0 Å². The Balaban J connectivity index is 1.52. The molecule has 0 fully saturated rings. The molecule has 0 unspecified atom stereocenters. The van der Waals surface area contributed by atoms with E-state index in [-0.39, 0.29) is 11.7 Å². The number of carbonyl (C=O) groups is 1. The molecule has 0 aliphatic carbocycles. The van der Waals surface area contributed by atoms with E-state index < -0.39 is 0 Å². The molecule has 2 heterocycles. The molecule has 0 bridgehead atoms. The highest BCUT2D eigenvalue weighted by Crippen LogP contribution is 2.21. The van der Waals surface area contributed by atoms with Crippen LogP contribution in [0.4, 0.5) is 10.1 Å². The third kappa shape index (κ3) is 3.74. The molecule has 4 aromatic rings. The van der Waals surface area contributed by atoms with Crippen molar-refractivity contribution in [3.63, 3.8) is 0 Å². The van der Waals surface area contributed by atoms with Crippen molar-refractivity contribution >= 4 is 23.3 Å². The third-order valence-corrected chi connectivity index (χ3v) is 4.00. The second-order valence-corrected chi connectivity index (χ2v) is 5.91. The minimum absolute atomic E-state index is 0.275. The molecule has 2 aromatic heterocycles. The lowest BCUT2D eigenvalue weighted by atomic mass is 10.2. The van der Waals surface area contributed by atoms with Gasteiger partial charge in [0.1, 0.15) is 5.82 Å². The van der Waals surface area contributed by atoms with Gasteiger partial charge in [-0.05, 0) is 48.0 Å². The number of nitrogens with one attached hydrogen (secondary N) is 1. The fourth-order valence-electron chi connectivity index (χ4n) is 2.70. The summed E-state index contributed by atoms with van der Waals surface area (Å²) in [6.45, 7) is 0. The number of amides is 1. The Labute approximate surface area is 154 Å². The van der Waals surface area contributed by atoms with E-state index in [1.54, 1.807) is 24.3 Å². The van der Waals surface area contributed by atoms with E-state index in [0.717, 1.165) is 16.8 Å². The zero-order valence-electron chi connectivity index (χ0n) is 14.2. The molecule has 1 amide bonds. The fourth-order valence-corrected chi connectivity index (χ4v) is 2.70. The van der Waals surface area contributed by atoms with Crippen LogP contribution < -0.4 is 5.32 Å². The normalized spacial score (nSPS) is 11.1. The second-order valence-electron chi connectivity index (χ2n) is 5.91. The number of aromatic nitrogens is 3. The molecular weight excluding hydrogens is 343 g/mol. The summed E-state index contributed by atoms with van der Waals surface area (Å²) in [5, 5.41) is 11.2. The van der Waals surface area contributed by atoms with Crippen molar-refractivity contribution in [3.8, 4) is 11.4 Å². The molecule has 0 spiro atoms. The zero-order valence-corrected chi connectivity index (χ0v) is 14.2. The first-order chi connectivity index (χ1) is 13.2. The number of halogens is 1. The van der Waals surface area contributed by atoms with Crippen LogP contribution in [0.2, 0.25) is 0 Å². The highest BCUT2D eigenvalue weighted by Gasteiger charge is 2.08. The topological polar surface area (TPSA) is 59.3 Å². The maximum Gasteiger partial charge on any atom is 0.248 e. The number of hydrogen-bond acceptors (Lipinski definition) is 3. The standard InChI is InChI=1S/C21H15FN4O/c22-17-10-7-15(8-11-17)9-12-20(27)23-18-5-3-4-16(14-18)21-25-24-19-6-1-2-13-26(19)21/h1-14H,(H,23,27)/b12-9+. The minimum atomic E-state index is -0.311. The Morgan fingerprint density at radius 3 is 2.70 bits per heavy atom. The van der Waals surface area contributed by atoms with Gasteiger partial charge in [-0.2, -0.15) is 0 Å². The number of nitrogens with zero attached hydrogens (tertiary/aromatic N) is 3. The summed E-state index contributed by atoms with van der Waals surface area (Å²) in [4.78, 5) is 12.2. The van der Waals surface area contributed by atoms with Crippen LogP contribution in [-0.4, -0.2) is 20.5 Å². The predicted octanol–water partition coefficient (Wildman–Crippen LogP) is 4.19. The average Bonchev–Trinajstić information content (AvgIpc) is 3.12. The first-order valence-corrected chi connectivity index (χ1v) is 8.34. The number of benzene rings is 2. The van der Waals surface area contributed by atoms with Gasteiger partial charge in [-0.15, -0.1) is 10.2 Å². The van der Waals surface area contributed by atoms with E-state index in [0.29, 0.717) is 11.5 Å². The maximum atomic E-state index is 12.9. The summed E-state index contributed by atoms with van der Waals surface area (Å²) in [5.74, 6) is 0.112. The van der Waals surface area contributed by atoms with E-state index in [1.165, 1.54) is 18.2 Å². The zero-order chi connectivity index (χ0) is 18.6. The van der Waals surface area contributed by atoms with Crippen LogP contribution >= 0.6 is 0 Å². The van der Waals surface area contributed by atoms with Crippen molar-refractivity contribution < 1.29 is 9.18 Å². The summed E-state index contributed by atoms with van der Waals surface area (Å²) >= 11 is 0. The number of anilines is 1. The van der Waals surface area contributed by atoms with Crippen LogP contribution in [0.25, 0.3) is 23.1 Å². The maximum absolute atomic E-state index is 12.9. The first kappa shape index (κ1) is 16.7. The summed E-state index contributed by atoms with van der Waals surface area (Å²) in [6.07, 6.45) is 4.93. The Bertz CT molecular complexity index is 1130. The Hall–Kier alpha value is -3.80. The molecule has 4 rings (SSSR count). The van der Waals surface area contributed by atoms with Crippen LogP contribution in [-0.2, 0) is 4.79 Å². The van der Waals surface area contributed by atoms with Gasteiger partial charge in [-0.25, -0.2) is 4.39 Å². The molecule has 2 aromatic carbocycles. The molecule has 0 atom stereocenters. The lowest BCUT2D eigenvalue weighted by Gasteiger charge is -2.05. The number of hydrogen-bond donors (Lipinski definition) is 1. The number of fused-ring (bicyclic) bond motifs is 1. The second kappa shape index (κ2) is 7.21. The van der Waals surface area contributed by atoms with Crippen molar-refractivity contribution in [1.82, 2.24) is 14.6 Å². The molecule has 0 aliphatic rings. The SMILES string of the molecule is O=C(/C=C/c1ccc(F)cc1)Nc1cccc(-c2nnc3ccccn23)c1. The van der Waals surface area contributed by atoms with Gasteiger partial charge in [-0.3, -0.25) is 9.20 Å². The van der Waals surface area contributed by atoms with E-state index in [4.69, 9.17) is 0 Å². The van der Waals surface area contributed by atoms with E-state index in [9.17, 15) is 9.18 Å². The highest BCUT2D eigenvalue weighted by molar-refractivity contribution is 6.02. The van der Waals surface area contributed by atoms with Gasteiger partial charge in [0.2, 0.25) is 5.91 Å². The van der Waals surface area contributed by atoms with Gasteiger partial charge >= 0.3 is 0 Å². The number of carbonyl (C=O) groups excluding carboxylic acids is 1. The van der Waals surface area contributed by atoms with Gasteiger partial charge < -0.3 is 5.32 Å². The highest BCUT2D eigenvalue weighted by atomic mass is 19.1. The van der Waals surface area contributed by atoms with Crippen molar-refractivity contribution in [3.05, 3.63) is 90.4 Å². The molecule has 0 saturated carbocycles. The molecule has 27 heavy (non-hydrogen) atoms. The Kier molecular flexibility index (Phi) is 4.45. The van der Waals surface area contributed by atoms with Gasteiger partial charge in [0, 0.05) is 23.5 Å². The van der Waals surface area contributed by atoms with Crippen LogP contribution in [0, 0.1) is 5.82 Å². The molecular formula is C21H15FN4O. The van der Waals surface area contributed by atoms with E-state index in [2.05, 4.69) is 15.5 Å². The number of rotatable bonds is 4. The molecule has 6 heteroatoms. The van der Waals surface area contributed by atoms with Crippen molar-refractivity contribution in [2.24, 2.45) is 0 Å². The average molecular weight is 358 g/mol. The van der Waals surface area contributed by atoms with Gasteiger partial charge in [0.05, 0.1) is 0 Å². The summed E-state index contributed by atoms with van der Waals surface area (Å²) < 4.78 is 14.8.